The minimum Gasteiger partial charge on any atom is -0.360 e. The average molecular weight is 254 g/mol. The van der Waals surface area contributed by atoms with Crippen molar-refractivity contribution in [2.75, 3.05) is 18.4 Å². The monoisotopic (exact) mass is 254 g/mol. The number of nitrogens with zero attached hydrogens (tertiary/aromatic N) is 1. The van der Waals surface area contributed by atoms with Gasteiger partial charge in [-0.05, 0) is 6.92 Å². The van der Waals surface area contributed by atoms with Crippen LogP contribution in [0.15, 0.2) is 10.6 Å². The summed E-state index contributed by atoms with van der Waals surface area (Å²) < 4.78 is 4.80. The first-order valence-electron chi connectivity index (χ1n) is 5.75. The maximum absolute atomic E-state index is 11.4. The Morgan fingerprint density at radius 1 is 1.33 bits per heavy atom. The summed E-state index contributed by atoms with van der Waals surface area (Å²) in [6.45, 7) is 6.09. The second kappa shape index (κ2) is 6.63. The molecule has 1 heterocycles. The van der Waals surface area contributed by atoms with Gasteiger partial charge in [-0.3, -0.25) is 10.1 Å². The van der Waals surface area contributed by atoms with Crippen molar-refractivity contribution >= 4 is 17.8 Å². The van der Waals surface area contributed by atoms with Crippen LogP contribution in [0.4, 0.5) is 10.6 Å². The van der Waals surface area contributed by atoms with Gasteiger partial charge in [-0.15, -0.1) is 0 Å². The fourth-order valence-electron chi connectivity index (χ4n) is 1.15. The van der Waals surface area contributed by atoms with Crippen LogP contribution in [0.5, 0.6) is 0 Å². The van der Waals surface area contributed by atoms with Gasteiger partial charge in [0.1, 0.15) is 5.76 Å². The SMILES string of the molecule is Cc1cc(NC(=O)NCCNC(=O)C(C)C)no1. The van der Waals surface area contributed by atoms with Gasteiger partial charge in [0, 0.05) is 25.1 Å². The van der Waals surface area contributed by atoms with E-state index >= 15 is 0 Å². The normalized spacial score (nSPS) is 10.2. The molecule has 0 fully saturated rings. The molecule has 100 valence electrons. The maximum Gasteiger partial charge on any atom is 0.320 e. The molecule has 0 aliphatic carbocycles. The molecular formula is C11H18N4O3. The molecule has 1 rings (SSSR count). The highest BCUT2D eigenvalue weighted by atomic mass is 16.5. The highest BCUT2D eigenvalue weighted by Gasteiger charge is 2.07. The van der Waals surface area contributed by atoms with Gasteiger partial charge < -0.3 is 15.2 Å². The Kier molecular flexibility index (Phi) is 5.16. The third-order valence-corrected chi connectivity index (χ3v) is 2.10. The largest absolute Gasteiger partial charge is 0.360 e. The summed E-state index contributed by atoms with van der Waals surface area (Å²) in [5, 5.41) is 11.4. The van der Waals surface area contributed by atoms with Crippen LogP contribution in [0.1, 0.15) is 19.6 Å². The first-order valence-corrected chi connectivity index (χ1v) is 5.75. The van der Waals surface area contributed by atoms with Crippen LogP contribution in [0.2, 0.25) is 0 Å². The number of aromatic nitrogens is 1. The molecule has 0 saturated heterocycles. The summed E-state index contributed by atoms with van der Waals surface area (Å²) >= 11 is 0. The molecule has 0 aliphatic heterocycles. The number of urea groups is 1. The van der Waals surface area contributed by atoms with Crippen molar-refractivity contribution in [2.24, 2.45) is 5.92 Å². The molecule has 0 bridgehead atoms. The van der Waals surface area contributed by atoms with E-state index in [0.29, 0.717) is 24.7 Å². The zero-order chi connectivity index (χ0) is 13.5. The van der Waals surface area contributed by atoms with Gasteiger partial charge in [0.25, 0.3) is 0 Å². The fourth-order valence-corrected chi connectivity index (χ4v) is 1.15. The molecule has 18 heavy (non-hydrogen) atoms. The first-order chi connectivity index (χ1) is 8.49. The lowest BCUT2D eigenvalue weighted by Gasteiger charge is -2.08. The van der Waals surface area contributed by atoms with Gasteiger partial charge in [-0.2, -0.15) is 0 Å². The first kappa shape index (κ1) is 14.0. The van der Waals surface area contributed by atoms with Gasteiger partial charge in [0.05, 0.1) is 0 Å². The predicted octanol–water partition coefficient (Wildman–Crippen LogP) is 0.877. The number of aryl methyl sites for hydroxylation is 1. The molecular weight excluding hydrogens is 236 g/mol. The van der Waals surface area contributed by atoms with Crippen molar-refractivity contribution in [1.29, 1.82) is 0 Å². The number of nitrogens with one attached hydrogen (secondary N) is 3. The number of hydrogen-bond donors (Lipinski definition) is 3. The predicted molar refractivity (Wildman–Crippen MR) is 66.1 cm³/mol. The van der Waals surface area contributed by atoms with E-state index in [-0.39, 0.29) is 17.9 Å². The Labute approximate surface area is 105 Å². The minimum atomic E-state index is -0.387. The van der Waals surface area contributed by atoms with Crippen molar-refractivity contribution in [1.82, 2.24) is 15.8 Å². The van der Waals surface area contributed by atoms with Gasteiger partial charge in [-0.1, -0.05) is 19.0 Å². The van der Waals surface area contributed by atoms with E-state index in [0.717, 1.165) is 0 Å². The fraction of sp³-hybridized carbons (Fsp3) is 0.545. The highest BCUT2D eigenvalue weighted by molar-refractivity contribution is 5.88. The van der Waals surface area contributed by atoms with E-state index < -0.39 is 0 Å². The molecule has 0 radical (unpaired) electrons. The van der Waals surface area contributed by atoms with Gasteiger partial charge in [0.2, 0.25) is 5.91 Å². The van der Waals surface area contributed by atoms with E-state index in [9.17, 15) is 9.59 Å². The lowest BCUT2D eigenvalue weighted by Crippen LogP contribution is -2.38. The van der Waals surface area contributed by atoms with Crippen LogP contribution < -0.4 is 16.0 Å². The number of amides is 3. The molecule has 0 saturated carbocycles. The third kappa shape index (κ3) is 4.86. The second-order valence-electron chi connectivity index (χ2n) is 4.15. The van der Waals surface area contributed by atoms with E-state index in [4.69, 9.17) is 4.52 Å². The second-order valence-corrected chi connectivity index (χ2v) is 4.15. The van der Waals surface area contributed by atoms with Crippen LogP contribution in [0.3, 0.4) is 0 Å². The molecule has 0 spiro atoms. The number of hydrogen-bond acceptors (Lipinski definition) is 4. The quantitative estimate of drug-likeness (QED) is 0.679. The molecule has 7 heteroatoms. The van der Waals surface area contributed by atoms with Crippen molar-refractivity contribution in [2.45, 2.75) is 20.8 Å². The highest BCUT2D eigenvalue weighted by Crippen LogP contribution is 2.05. The summed E-state index contributed by atoms with van der Waals surface area (Å²) in [5.74, 6) is 0.881. The number of carbonyl (C=O) groups excluding carboxylic acids is 2. The minimum absolute atomic E-state index is 0.0377. The summed E-state index contributed by atoms with van der Waals surface area (Å²) in [4.78, 5) is 22.6. The van der Waals surface area contributed by atoms with E-state index in [1.807, 2.05) is 13.8 Å². The molecule has 1 aromatic rings. The van der Waals surface area contributed by atoms with E-state index in [1.165, 1.54) is 0 Å². The van der Waals surface area contributed by atoms with E-state index in [1.54, 1.807) is 13.0 Å². The van der Waals surface area contributed by atoms with Crippen molar-refractivity contribution in [3.63, 3.8) is 0 Å². The van der Waals surface area contributed by atoms with Crippen molar-refractivity contribution < 1.29 is 14.1 Å². The summed E-state index contributed by atoms with van der Waals surface area (Å²) in [5.41, 5.74) is 0. The molecule has 3 amide bonds. The van der Waals surface area contributed by atoms with Crippen LogP contribution in [0, 0.1) is 12.8 Å². The zero-order valence-electron chi connectivity index (χ0n) is 10.7. The molecule has 0 aromatic carbocycles. The Balaban J connectivity index is 2.16. The van der Waals surface area contributed by atoms with Crippen LogP contribution in [-0.4, -0.2) is 30.2 Å². The molecule has 7 nitrogen and oxygen atoms in total. The van der Waals surface area contributed by atoms with Crippen LogP contribution >= 0.6 is 0 Å². The molecule has 0 unspecified atom stereocenters. The lowest BCUT2D eigenvalue weighted by molar-refractivity contribution is -0.123. The summed E-state index contributed by atoms with van der Waals surface area (Å²) in [7, 11) is 0. The summed E-state index contributed by atoms with van der Waals surface area (Å²) in [6.07, 6.45) is 0. The number of rotatable bonds is 5. The summed E-state index contributed by atoms with van der Waals surface area (Å²) in [6, 6.07) is 1.22. The van der Waals surface area contributed by atoms with Crippen molar-refractivity contribution in [3.05, 3.63) is 11.8 Å². The van der Waals surface area contributed by atoms with Crippen molar-refractivity contribution in [3.8, 4) is 0 Å². The lowest BCUT2D eigenvalue weighted by atomic mass is 10.2. The third-order valence-electron chi connectivity index (χ3n) is 2.10. The maximum atomic E-state index is 11.4. The molecule has 0 atom stereocenters. The number of carbonyl (C=O) groups is 2. The van der Waals surface area contributed by atoms with Crippen LogP contribution in [0.25, 0.3) is 0 Å². The Hall–Kier alpha value is -2.05. The molecule has 3 N–H and O–H groups in total. The Morgan fingerprint density at radius 2 is 2.00 bits per heavy atom. The smallest absolute Gasteiger partial charge is 0.320 e. The number of anilines is 1. The van der Waals surface area contributed by atoms with Gasteiger partial charge in [-0.25, -0.2) is 4.79 Å². The standard InChI is InChI=1S/C11H18N4O3/c1-7(2)10(16)12-4-5-13-11(17)14-9-6-8(3)18-15-9/h6-7H,4-5H2,1-3H3,(H,12,16)(H2,13,14,15,17). The molecule has 1 aromatic heterocycles. The Morgan fingerprint density at radius 3 is 2.56 bits per heavy atom. The Bertz CT molecular complexity index is 414. The average Bonchev–Trinajstić information content (AvgIpc) is 2.69. The topological polar surface area (TPSA) is 96.3 Å². The molecule has 0 aliphatic rings. The van der Waals surface area contributed by atoms with Gasteiger partial charge >= 0.3 is 6.03 Å². The van der Waals surface area contributed by atoms with Crippen LogP contribution in [-0.2, 0) is 4.79 Å². The zero-order valence-corrected chi connectivity index (χ0v) is 10.7. The van der Waals surface area contributed by atoms with E-state index in [2.05, 4.69) is 21.1 Å². The van der Waals surface area contributed by atoms with Gasteiger partial charge in [0.15, 0.2) is 5.82 Å².